The molecule has 0 spiro atoms. The third kappa shape index (κ3) is 2.70. The van der Waals surface area contributed by atoms with Crippen LogP contribution in [0.15, 0.2) is 24.5 Å². The lowest BCUT2D eigenvalue weighted by Crippen LogP contribution is -2.56. The predicted molar refractivity (Wildman–Crippen MR) is 109 cm³/mol. The van der Waals surface area contributed by atoms with Gasteiger partial charge in [-0.25, -0.2) is 0 Å². The topological polar surface area (TPSA) is 119 Å². The summed E-state index contributed by atoms with van der Waals surface area (Å²) in [4.78, 5) is 44.8. The number of hydrogen-bond acceptors (Lipinski definition) is 4. The maximum Gasteiger partial charge on any atom is 0.240 e. The molecule has 0 aromatic carbocycles. The summed E-state index contributed by atoms with van der Waals surface area (Å²) in [6, 6.07) is 2.83. The summed E-state index contributed by atoms with van der Waals surface area (Å²) >= 11 is 0. The molecule has 5 aliphatic rings. The quantitative estimate of drug-likeness (QED) is 0.714. The van der Waals surface area contributed by atoms with Crippen molar-refractivity contribution in [2.75, 3.05) is 0 Å². The highest BCUT2D eigenvalue weighted by molar-refractivity contribution is 6.08. The van der Waals surface area contributed by atoms with Gasteiger partial charge in [0.1, 0.15) is 11.5 Å². The first-order valence-electron chi connectivity index (χ1n) is 11.1. The number of pyridine rings is 1. The van der Waals surface area contributed by atoms with Crippen LogP contribution in [0, 0.1) is 40.9 Å². The number of carbonyl (C=O) groups is 3. The highest BCUT2D eigenvalue weighted by Gasteiger charge is 2.67. The highest BCUT2D eigenvalue weighted by Crippen LogP contribution is 2.62. The number of hydrogen-bond donors (Lipinski definition) is 2. The summed E-state index contributed by atoms with van der Waals surface area (Å²) in [5.41, 5.74) is 11.2. The van der Waals surface area contributed by atoms with Crippen molar-refractivity contribution in [3.05, 3.63) is 30.1 Å². The van der Waals surface area contributed by atoms with E-state index in [2.05, 4.69) is 4.98 Å². The van der Waals surface area contributed by atoms with Crippen LogP contribution >= 0.6 is 0 Å². The Morgan fingerprint density at radius 3 is 2.27 bits per heavy atom. The molecule has 4 aliphatic carbocycles. The Morgan fingerprint density at radius 2 is 1.77 bits per heavy atom. The van der Waals surface area contributed by atoms with Crippen LogP contribution < -0.4 is 11.5 Å². The summed E-state index contributed by atoms with van der Waals surface area (Å²) in [5, 5.41) is 0. The molecule has 3 amide bonds. The van der Waals surface area contributed by atoms with Gasteiger partial charge in [-0.05, 0) is 80.2 Å². The zero-order chi connectivity index (χ0) is 21.2. The standard InChI is InChI=1S/C23H30N4O3/c1-23(21(25)29)18(17-15-6-13-5-14(8-15)9-16(17)7-13)19(20(24)28)27(22(23)30)11-12-3-2-4-26-10-12/h2-4,10,13-19H,5-9,11H2,1H3,(H2,24,28)(H2,25,29). The number of likely N-dealkylation sites (tertiary alicyclic amines) is 1. The van der Waals surface area contributed by atoms with Gasteiger partial charge < -0.3 is 16.4 Å². The molecular weight excluding hydrogens is 380 g/mol. The monoisotopic (exact) mass is 410 g/mol. The van der Waals surface area contributed by atoms with Gasteiger partial charge in [0.05, 0.1) is 0 Å². The molecule has 3 atom stereocenters. The van der Waals surface area contributed by atoms with Crippen molar-refractivity contribution in [2.24, 2.45) is 52.4 Å². The first-order chi connectivity index (χ1) is 14.3. The largest absolute Gasteiger partial charge is 0.369 e. The molecule has 0 radical (unpaired) electrons. The minimum absolute atomic E-state index is 0.135. The van der Waals surface area contributed by atoms with Gasteiger partial charge >= 0.3 is 0 Å². The normalized spacial score (nSPS) is 42.0. The lowest BCUT2D eigenvalue weighted by atomic mass is 9.47. The molecular formula is C23H30N4O3. The molecule has 7 heteroatoms. The molecule has 3 unspecified atom stereocenters. The molecule has 7 nitrogen and oxygen atoms in total. The van der Waals surface area contributed by atoms with Crippen molar-refractivity contribution in [2.45, 2.75) is 51.6 Å². The van der Waals surface area contributed by atoms with E-state index in [0.29, 0.717) is 11.8 Å². The average Bonchev–Trinajstić information content (AvgIpc) is 2.91. The van der Waals surface area contributed by atoms with Crippen LogP contribution in [-0.4, -0.2) is 33.6 Å². The van der Waals surface area contributed by atoms with Gasteiger partial charge in [0.25, 0.3) is 0 Å². The lowest BCUT2D eigenvalue weighted by Gasteiger charge is -2.57. The average molecular weight is 411 g/mol. The van der Waals surface area contributed by atoms with Crippen LogP contribution in [0.4, 0.5) is 0 Å². The Hall–Kier alpha value is -2.44. The summed E-state index contributed by atoms with van der Waals surface area (Å²) in [6.07, 6.45) is 9.16. The summed E-state index contributed by atoms with van der Waals surface area (Å²) in [6.45, 7) is 1.85. The van der Waals surface area contributed by atoms with E-state index in [9.17, 15) is 14.4 Å². The van der Waals surface area contributed by atoms with Crippen molar-refractivity contribution in [3.8, 4) is 0 Å². The molecule has 160 valence electrons. The molecule has 1 aliphatic heterocycles. The number of aromatic nitrogens is 1. The Kier molecular flexibility index (Phi) is 4.42. The fraction of sp³-hybridized carbons (Fsp3) is 0.652. The number of primary amides is 2. The minimum Gasteiger partial charge on any atom is -0.369 e. The van der Waals surface area contributed by atoms with E-state index in [4.69, 9.17) is 11.5 Å². The van der Waals surface area contributed by atoms with Crippen LogP contribution in [-0.2, 0) is 20.9 Å². The Labute approximate surface area is 176 Å². The maximum absolute atomic E-state index is 13.6. The SMILES string of the molecule is CC1(C(N)=O)C(=O)N(Cc2cccnc2)C(C(N)=O)C1C1C2CC3CC(C2)CC1C3. The summed E-state index contributed by atoms with van der Waals surface area (Å²) in [7, 11) is 0. The molecule has 1 aromatic heterocycles. The van der Waals surface area contributed by atoms with Crippen LogP contribution in [0.5, 0.6) is 0 Å². The molecule has 1 saturated heterocycles. The van der Waals surface area contributed by atoms with Gasteiger partial charge in [-0.1, -0.05) is 6.07 Å². The number of amides is 3. The molecule has 1 aromatic rings. The molecule has 4 bridgehead atoms. The third-order valence-corrected chi connectivity index (χ3v) is 8.64. The second-order valence-electron chi connectivity index (χ2n) is 10.2. The van der Waals surface area contributed by atoms with E-state index < -0.39 is 29.2 Å². The third-order valence-electron chi connectivity index (χ3n) is 8.64. The van der Waals surface area contributed by atoms with Gasteiger partial charge in [0, 0.05) is 24.9 Å². The maximum atomic E-state index is 13.6. The van der Waals surface area contributed by atoms with Crippen LogP contribution in [0.3, 0.4) is 0 Å². The minimum atomic E-state index is -1.41. The van der Waals surface area contributed by atoms with Gasteiger partial charge in [-0.15, -0.1) is 0 Å². The first-order valence-corrected chi connectivity index (χ1v) is 11.1. The second-order valence-corrected chi connectivity index (χ2v) is 10.2. The predicted octanol–water partition coefficient (Wildman–Crippen LogP) is 1.46. The van der Waals surface area contributed by atoms with E-state index >= 15 is 0 Å². The van der Waals surface area contributed by atoms with E-state index in [-0.39, 0.29) is 18.4 Å². The molecule has 6 rings (SSSR count). The second kappa shape index (κ2) is 6.79. The fourth-order valence-corrected chi connectivity index (χ4v) is 7.68. The lowest BCUT2D eigenvalue weighted by molar-refractivity contribution is -0.148. The van der Waals surface area contributed by atoms with Crippen molar-refractivity contribution in [3.63, 3.8) is 0 Å². The summed E-state index contributed by atoms with van der Waals surface area (Å²) < 4.78 is 0. The van der Waals surface area contributed by atoms with E-state index in [1.54, 1.807) is 25.4 Å². The van der Waals surface area contributed by atoms with Gasteiger partial charge in [0.2, 0.25) is 17.7 Å². The van der Waals surface area contributed by atoms with Crippen LogP contribution in [0.1, 0.15) is 44.6 Å². The van der Waals surface area contributed by atoms with Gasteiger partial charge in [-0.2, -0.15) is 0 Å². The number of rotatable bonds is 5. The molecule has 4 N–H and O–H groups in total. The van der Waals surface area contributed by atoms with Crippen LogP contribution in [0.25, 0.3) is 0 Å². The zero-order valence-electron chi connectivity index (χ0n) is 17.4. The highest BCUT2D eigenvalue weighted by atomic mass is 16.2. The van der Waals surface area contributed by atoms with Crippen molar-refractivity contribution in [1.82, 2.24) is 9.88 Å². The molecule has 5 fully saturated rings. The Bertz CT molecular complexity index is 860. The number of nitrogens with zero attached hydrogens (tertiary/aromatic N) is 2. The summed E-state index contributed by atoms with van der Waals surface area (Å²) in [5.74, 6) is 0.486. The van der Waals surface area contributed by atoms with E-state index in [1.807, 2.05) is 6.07 Å². The van der Waals surface area contributed by atoms with Crippen molar-refractivity contribution in [1.29, 1.82) is 0 Å². The van der Waals surface area contributed by atoms with E-state index in [1.165, 1.54) is 11.3 Å². The van der Waals surface area contributed by atoms with Crippen molar-refractivity contribution < 1.29 is 14.4 Å². The molecule has 30 heavy (non-hydrogen) atoms. The smallest absolute Gasteiger partial charge is 0.240 e. The van der Waals surface area contributed by atoms with Gasteiger partial charge in [0.15, 0.2) is 0 Å². The number of carbonyl (C=O) groups excluding carboxylic acids is 3. The van der Waals surface area contributed by atoms with Gasteiger partial charge in [-0.3, -0.25) is 19.4 Å². The van der Waals surface area contributed by atoms with E-state index in [0.717, 1.165) is 43.1 Å². The molecule has 2 heterocycles. The Balaban J connectivity index is 1.57. The van der Waals surface area contributed by atoms with Crippen LogP contribution in [0.2, 0.25) is 0 Å². The zero-order valence-corrected chi connectivity index (χ0v) is 17.4. The molecule has 4 saturated carbocycles. The first kappa shape index (κ1) is 19.5. The Morgan fingerprint density at radius 1 is 1.13 bits per heavy atom. The fourth-order valence-electron chi connectivity index (χ4n) is 7.68. The number of nitrogens with two attached hydrogens (primary N) is 2. The van der Waals surface area contributed by atoms with Crippen molar-refractivity contribution >= 4 is 17.7 Å².